The van der Waals surface area contributed by atoms with Gasteiger partial charge >= 0.3 is 0 Å². The zero-order valence-electron chi connectivity index (χ0n) is 6.58. The first-order valence-electron chi connectivity index (χ1n) is 4.05. The van der Waals surface area contributed by atoms with Crippen molar-refractivity contribution in [3.63, 3.8) is 0 Å². The smallest absolute Gasteiger partial charge is 0.132 e. The Morgan fingerprint density at radius 3 is 2.73 bits per heavy atom. The van der Waals surface area contributed by atoms with Gasteiger partial charge in [-0.05, 0) is 31.9 Å². The molecule has 0 unspecified atom stereocenters. The first-order valence-corrected chi connectivity index (χ1v) is 4.05. The van der Waals surface area contributed by atoms with Crippen LogP contribution in [0.4, 0.5) is 0 Å². The highest BCUT2D eigenvalue weighted by Crippen LogP contribution is 2.41. The average Bonchev–Trinajstić information content (AvgIpc) is 2.68. The topological polar surface area (TPSA) is 33.4 Å². The van der Waals surface area contributed by atoms with Crippen molar-refractivity contribution in [1.82, 2.24) is 0 Å². The lowest BCUT2D eigenvalue weighted by Gasteiger charge is -1.97. The fraction of sp³-hybridized carbons (Fsp3) is 0.556. The molecule has 2 heteroatoms. The minimum absolute atomic E-state index is 0.470. The number of aliphatic hydroxyl groups excluding tert-OH is 1. The molecule has 0 amide bonds. The normalized spacial score (nSPS) is 20.2. The van der Waals surface area contributed by atoms with Crippen LogP contribution in [0.3, 0.4) is 0 Å². The van der Waals surface area contributed by atoms with Gasteiger partial charge in [-0.2, -0.15) is 0 Å². The molecule has 1 aromatic heterocycles. The van der Waals surface area contributed by atoms with Crippen LogP contribution >= 0.6 is 0 Å². The van der Waals surface area contributed by atoms with E-state index in [0.29, 0.717) is 11.7 Å². The maximum absolute atomic E-state index is 9.15. The molecular formula is C9H12O2. The van der Waals surface area contributed by atoms with Crippen molar-refractivity contribution in [2.45, 2.75) is 31.8 Å². The van der Waals surface area contributed by atoms with E-state index in [9.17, 15) is 0 Å². The highest BCUT2D eigenvalue weighted by atomic mass is 16.4. The number of hydrogen-bond donors (Lipinski definition) is 1. The van der Waals surface area contributed by atoms with Gasteiger partial charge in [-0.1, -0.05) is 0 Å². The minimum Gasteiger partial charge on any atom is -0.463 e. The Labute approximate surface area is 65.8 Å². The summed E-state index contributed by atoms with van der Waals surface area (Å²) in [7, 11) is 0. The molecule has 0 bridgehead atoms. The fourth-order valence-electron chi connectivity index (χ4n) is 1.18. The van der Waals surface area contributed by atoms with Crippen molar-refractivity contribution in [3.8, 4) is 0 Å². The van der Waals surface area contributed by atoms with E-state index in [1.165, 1.54) is 12.8 Å². The summed E-state index contributed by atoms with van der Waals surface area (Å²) in [6.07, 6.45) is 2.02. The van der Waals surface area contributed by atoms with Gasteiger partial charge in [0.25, 0.3) is 0 Å². The molecule has 0 saturated heterocycles. The zero-order chi connectivity index (χ0) is 7.84. The molecule has 1 aliphatic rings. The van der Waals surface area contributed by atoms with E-state index >= 15 is 0 Å². The van der Waals surface area contributed by atoms with Gasteiger partial charge in [0.15, 0.2) is 0 Å². The molecular weight excluding hydrogens is 140 g/mol. The molecule has 11 heavy (non-hydrogen) atoms. The SMILES string of the molecule is C[C@@H](O)c1ccc(C2CC2)o1. The highest BCUT2D eigenvalue weighted by Gasteiger charge is 2.27. The van der Waals surface area contributed by atoms with E-state index in [-0.39, 0.29) is 0 Å². The van der Waals surface area contributed by atoms with Gasteiger partial charge in [-0.25, -0.2) is 0 Å². The molecule has 1 N–H and O–H groups in total. The number of aliphatic hydroxyl groups is 1. The number of furan rings is 1. The van der Waals surface area contributed by atoms with E-state index in [4.69, 9.17) is 9.52 Å². The Kier molecular flexibility index (Phi) is 1.50. The third-order valence-electron chi connectivity index (χ3n) is 2.04. The average molecular weight is 152 g/mol. The number of hydrogen-bond acceptors (Lipinski definition) is 2. The Morgan fingerprint density at radius 2 is 2.27 bits per heavy atom. The standard InChI is InChI=1S/C9H12O2/c1-6(10)8-4-5-9(11-8)7-2-3-7/h4-7,10H,2-3H2,1H3/t6-/m1/s1. The van der Waals surface area contributed by atoms with Gasteiger partial charge in [-0.15, -0.1) is 0 Å². The molecule has 0 spiro atoms. The molecule has 0 aliphatic heterocycles. The maximum Gasteiger partial charge on any atom is 0.132 e. The fourth-order valence-corrected chi connectivity index (χ4v) is 1.18. The lowest BCUT2D eigenvalue weighted by molar-refractivity contribution is 0.167. The van der Waals surface area contributed by atoms with E-state index < -0.39 is 6.10 Å². The van der Waals surface area contributed by atoms with Crippen LogP contribution in [0.1, 0.15) is 43.3 Å². The second kappa shape index (κ2) is 2.38. The third kappa shape index (κ3) is 1.31. The predicted molar refractivity (Wildman–Crippen MR) is 41.3 cm³/mol. The largest absolute Gasteiger partial charge is 0.463 e. The molecule has 1 fully saturated rings. The number of rotatable bonds is 2. The summed E-state index contributed by atoms with van der Waals surface area (Å²) in [4.78, 5) is 0. The Morgan fingerprint density at radius 1 is 1.55 bits per heavy atom. The van der Waals surface area contributed by atoms with Crippen LogP contribution in [0.15, 0.2) is 16.5 Å². The van der Waals surface area contributed by atoms with E-state index in [1.807, 2.05) is 12.1 Å². The third-order valence-corrected chi connectivity index (χ3v) is 2.04. The molecule has 60 valence electrons. The van der Waals surface area contributed by atoms with Crippen LogP contribution < -0.4 is 0 Å². The van der Waals surface area contributed by atoms with E-state index in [2.05, 4.69) is 0 Å². The van der Waals surface area contributed by atoms with Crippen molar-refractivity contribution in [1.29, 1.82) is 0 Å². The quantitative estimate of drug-likeness (QED) is 0.704. The van der Waals surface area contributed by atoms with E-state index in [0.717, 1.165) is 5.76 Å². The Balaban J connectivity index is 2.18. The summed E-state index contributed by atoms with van der Waals surface area (Å²) < 4.78 is 5.42. The lowest BCUT2D eigenvalue weighted by Crippen LogP contribution is -1.85. The first-order chi connectivity index (χ1) is 5.27. The molecule has 1 heterocycles. The molecule has 1 saturated carbocycles. The van der Waals surface area contributed by atoms with Crippen molar-refractivity contribution in [3.05, 3.63) is 23.7 Å². The van der Waals surface area contributed by atoms with Crippen LogP contribution in [-0.4, -0.2) is 5.11 Å². The summed E-state index contributed by atoms with van der Waals surface area (Å²) in [5.41, 5.74) is 0. The van der Waals surface area contributed by atoms with Crippen molar-refractivity contribution < 1.29 is 9.52 Å². The zero-order valence-corrected chi connectivity index (χ0v) is 6.58. The summed E-state index contributed by atoms with van der Waals surface area (Å²) >= 11 is 0. The first kappa shape index (κ1) is 6.92. The predicted octanol–water partition coefficient (Wildman–Crippen LogP) is 2.21. The molecule has 2 nitrogen and oxygen atoms in total. The molecule has 0 radical (unpaired) electrons. The van der Waals surface area contributed by atoms with Gasteiger partial charge in [0.2, 0.25) is 0 Å². The van der Waals surface area contributed by atoms with Crippen LogP contribution in [0, 0.1) is 0 Å². The second-order valence-electron chi connectivity index (χ2n) is 3.19. The summed E-state index contributed by atoms with van der Waals surface area (Å²) in [5.74, 6) is 2.37. The molecule has 1 atom stereocenters. The van der Waals surface area contributed by atoms with Gasteiger partial charge < -0.3 is 9.52 Å². The summed E-state index contributed by atoms with van der Waals surface area (Å²) in [6, 6.07) is 3.83. The van der Waals surface area contributed by atoms with Gasteiger partial charge in [0.05, 0.1) is 0 Å². The summed E-state index contributed by atoms with van der Waals surface area (Å²) in [5, 5.41) is 9.15. The van der Waals surface area contributed by atoms with Crippen molar-refractivity contribution in [2.24, 2.45) is 0 Å². The van der Waals surface area contributed by atoms with Crippen LogP contribution in [0.25, 0.3) is 0 Å². The maximum atomic E-state index is 9.15. The molecule has 0 aromatic carbocycles. The lowest BCUT2D eigenvalue weighted by atomic mass is 10.3. The second-order valence-corrected chi connectivity index (χ2v) is 3.19. The van der Waals surface area contributed by atoms with Crippen LogP contribution in [0.2, 0.25) is 0 Å². The van der Waals surface area contributed by atoms with Crippen molar-refractivity contribution >= 4 is 0 Å². The van der Waals surface area contributed by atoms with Crippen LogP contribution in [0.5, 0.6) is 0 Å². The molecule has 1 aromatic rings. The molecule has 1 aliphatic carbocycles. The van der Waals surface area contributed by atoms with Gasteiger partial charge in [-0.3, -0.25) is 0 Å². The Bertz CT molecular complexity index is 229. The summed E-state index contributed by atoms with van der Waals surface area (Å²) in [6.45, 7) is 1.72. The van der Waals surface area contributed by atoms with Crippen molar-refractivity contribution in [2.75, 3.05) is 0 Å². The van der Waals surface area contributed by atoms with Gasteiger partial charge in [0.1, 0.15) is 17.6 Å². The van der Waals surface area contributed by atoms with Gasteiger partial charge in [0, 0.05) is 5.92 Å². The highest BCUT2D eigenvalue weighted by molar-refractivity contribution is 5.16. The molecule has 2 rings (SSSR count). The Hall–Kier alpha value is -0.760. The van der Waals surface area contributed by atoms with Crippen LogP contribution in [-0.2, 0) is 0 Å². The minimum atomic E-state index is -0.470. The monoisotopic (exact) mass is 152 g/mol. The van der Waals surface area contributed by atoms with E-state index in [1.54, 1.807) is 6.92 Å².